The van der Waals surface area contributed by atoms with Crippen LogP contribution in [0.3, 0.4) is 0 Å². The number of rotatable bonds is 11. The molecule has 0 fully saturated rings. The lowest BCUT2D eigenvalue weighted by Gasteiger charge is -2.10. The number of fused-ring (bicyclic) bond motifs is 1. The predicted octanol–water partition coefficient (Wildman–Crippen LogP) is 0.899. The molecule has 0 saturated heterocycles. The third-order valence-electron chi connectivity index (χ3n) is 3.65. The van der Waals surface area contributed by atoms with Gasteiger partial charge in [0.1, 0.15) is 12.3 Å². The number of amides is 1. The lowest BCUT2D eigenvalue weighted by molar-refractivity contribution is 0.0442. The number of hydrogen-bond acceptors (Lipinski definition) is 9. The summed E-state index contributed by atoms with van der Waals surface area (Å²) < 4.78 is 4.88. The van der Waals surface area contributed by atoms with Crippen LogP contribution in [0.4, 0.5) is 0 Å². The molecule has 0 aliphatic heterocycles. The number of thioether (sulfide) groups is 1. The Labute approximate surface area is 155 Å². The SMILES string of the molecule is CNOCNCCCCCSC1=CC(=O)c2onc(C(=O)NC)c2C1=O. The number of aromatic nitrogens is 1. The highest BCUT2D eigenvalue weighted by molar-refractivity contribution is 8.04. The summed E-state index contributed by atoms with van der Waals surface area (Å²) in [6, 6.07) is 0. The number of ketones is 2. The molecule has 1 aliphatic rings. The number of unbranched alkanes of at least 4 members (excludes halogenated alkanes) is 2. The maximum atomic E-state index is 12.6. The van der Waals surface area contributed by atoms with Crippen molar-refractivity contribution in [1.29, 1.82) is 0 Å². The van der Waals surface area contributed by atoms with Crippen molar-refractivity contribution in [3.8, 4) is 0 Å². The third kappa shape index (κ3) is 5.01. The van der Waals surface area contributed by atoms with Crippen LogP contribution in [-0.2, 0) is 4.84 Å². The molecular weight excluding hydrogens is 360 g/mol. The number of carbonyl (C=O) groups is 3. The molecule has 9 nitrogen and oxygen atoms in total. The highest BCUT2D eigenvalue weighted by Crippen LogP contribution is 2.31. The summed E-state index contributed by atoms with van der Waals surface area (Å²) in [6.45, 7) is 1.29. The van der Waals surface area contributed by atoms with Gasteiger partial charge in [-0.15, -0.1) is 11.8 Å². The molecule has 1 amide bonds. The molecule has 0 unspecified atom stereocenters. The van der Waals surface area contributed by atoms with Crippen LogP contribution in [0.15, 0.2) is 15.5 Å². The van der Waals surface area contributed by atoms with Crippen LogP contribution < -0.4 is 16.1 Å². The minimum atomic E-state index is -0.558. The van der Waals surface area contributed by atoms with Gasteiger partial charge in [-0.1, -0.05) is 11.6 Å². The Morgan fingerprint density at radius 2 is 2.08 bits per heavy atom. The van der Waals surface area contributed by atoms with E-state index < -0.39 is 17.5 Å². The zero-order valence-electron chi connectivity index (χ0n) is 14.7. The molecule has 0 spiro atoms. The fourth-order valence-corrected chi connectivity index (χ4v) is 3.32. The largest absolute Gasteiger partial charge is 0.354 e. The van der Waals surface area contributed by atoms with Crippen molar-refractivity contribution in [2.45, 2.75) is 19.3 Å². The Morgan fingerprint density at radius 1 is 1.27 bits per heavy atom. The molecule has 10 heteroatoms. The van der Waals surface area contributed by atoms with E-state index in [1.165, 1.54) is 24.9 Å². The maximum Gasteiger partial charge on any atom is 0.274 e. The van der Waals surface area contributed by atoms with Gasteiger partial charge in [0.25, 0.3) is 5.91 Å². The molecule has 1 aromatic rings. The average Bonchev–Trinajstić information content (AvgIpc) is 3.09. The van der Waals surface area contributed by atoms with Crippen molar-refractivity contribution < 1.29 is 23.7 Å². The van der Waals surface area contributed by atoms with Gasteiger partial charge in [0.2, 0.25) is 17.3 Å². The second-order valence-electron chi connectivity index (χ2n) is 5.42. The van der Waals surface area contributed by atoms with E-state index in [1.54, 1.807) is 7.05 Å². The van der Waals surface area contributed by atoms with E-state index in [1.807, 2.05) is 0 Å². The quantitative estimate of drug-likeness (QED) is 0.291. The number of nitrogens with one attached hydrogen (secondary N) is 3. The van der Waals surface area contributed by atoms with Crippen LogP contribution in [0.1, 0.15) is 50.7 Å². The monoisotopic (exact) mass is 382 g/mol. The first-order chi connectivity index (χ1) is 12.6. The molecule has 1 heterocycles. The normalized spacial score (nSPS) is 13.5. The third-order valence-corrected chi connectivity index (χ3v) is 4.75. The first kappa shape index (κ1) is 20.3. The molecule has 0 atom stereocenters. The topological polar surface area (TPSA) is 123 Å². The van der Waals surface area contributed by atoms with Gasteiger partial charge in [0, 0.05) is 20.2 Å². The highest BCUT2D eigenvalue weighted by Gasteiger charge is 2.35. The number of carbonyl (C=O) groups excluding carboxylic acids is 3. The predicted molar refractivity (Wildman–Crippen MR) is 96.0 cm³/mol. The second kappa shape index (κ2) is 10.2. The van der Waals surface area contributed by atoms with Crippen LogP contribution >= 0.6 is 11.8 Å². The molecule has 26 heavy (non-hydrogen) atoms. The molecule has 142 valence electrons. The van der Waals surface area contributed by atoms with E-state index >= 15 is 0 Å². The lowest BCUT2D eigenvalue weighted by Crippen LogP contribution is -2.23. The molecule has 0 radical (unpaired) electrons. The molecule has 3 N–H and O–H groups in total. The van der Waals surface area contributed by atoms with Crippen LogP contribution in [0.5, 0.6) is 0 Å². The zero-order valence-corrected chi connectivity index (χ0v) is 15.5. The molecule has 1 aromatic heterocycles. The summed E-state index contributed by atoms with van der Waals surface area (Å²) in [5.41, 5.74) is 2.38. The Kier molecular flexibility index (Phi) is 7.98. The average molecular weight is 382 g/mol. The smallest absolute Gasteiger partial charge is 0.274 e. The molecule has 0 bridgehead atoms. The van der Waals surface area contributed by atoms with Crippen LogP contribution in [0.2, 0.25) is 0 Å². The Bertz CT molecular complexity index is 701. The summed E-state index contributed by atoms with van der Waals surface area (Å²) in [5, 5.41) is 9.06. The number of nitrogens with zero attached hydrogens (tertiary/aromatic N) is 1. The molecule has 2 rings (SSSR count). The molecule has 0 saturated carbocycles. The lowest BCUT2D eigenvalue weighted by atomic mass is 10.00. The number of hydrogen-bond donors (Lipinski definition) is 3. The minimum absolute atomic E-state index is 0.0481. The van der Waals surface area contributed by atoms with E-state index in [0.717, 1.165) is 25.8 Å². The van der Waals surface area contributed by atoms with Crippen molar-refractivity contribution >= 4 is 29.2 Å². The van der Waals surface area contributed by atoms with Gasteiger partial charge >= 0.3 is 0 Å². The number of Topliss-reactive ketones (excluding diaryl/α,β-unsaturated/α-hetero) is 1. The van der Waals surface area contributed by atoms with Gasteiger partial charge in [-0.3, -0.25) is 24.5 Å². The van der Waals surface area contributed by atoms with Crippen molar-refractivity contribution in [2.24, 2.45) is 0 Å². The van der Waals surface area contributed by atoms with E-state index in [-0.39, 0.29) is 17.0 Å². The molecule has 0 aromatic carbocycles. The van der Waals surface area contributed by atoms with Gasteiger partial charge in [-0.05, 0) is 25.1 Å². The maximum absolute atomic E-state index is 12.6. The van der Waals surface area contributed by atoms with Gasteiger partial charge in [-0.25, -0.2) is 5.48 Å². The standard InChI is InChI=1S/C16H22N4O5S/c1-17-16(23)13-12-14(22)11(8-10(21)15(12)25-20-13)26-7-5-3-4-6-19-9-24-18-2/h8,18-19H,3-7,9H2,1-2H3,(H,17,23). The van der Waals surface area contributed by atoms with Crippen molar-refractivity contribution in [2.75, 3.05) is 33.1 Å². The number of allylic oxidation sites excluding steroid dienone is 2. The van der Waals surface area contributed by atoms with E-state index in [2.05, 4.69) is 21.3 Å². The summed E-state index contributed by atoms with van der Waals surface area (Å²) in [6.07, 6.45) is 4.12. The highest BCUT2D eigenvalue weighted by atomic mass is 32.2. The van der Waals surface area contributed by atoms with E-state index in [9.17, 15) is 14.4 Å². The summed E-state index contributed by atoms with van der Waals surface area (Å²) in [7, 11) is 3.12. The van der Waals surface area contributed by atoms with Crippen molar-refractivity contribution in [3.63, 3.8) is 0 Å². The van der Waals surface area contributed by atoms with Crippen LogP contribution in [-0.4, -0.2) is 55.8 Å². The fourth-order valence-electron chi connectivity index (χ4n) is 2.33. The van der Waals surface area contributed by atoms with Gasteiger partial charge < -0.3 is 9.84 Å². The molecular formula is C16H22N4O5S. The summed E-state index contributed by atoms with van der Waals surface area (Å²) >= 11 is 1.31. The van der Waals surface area contributed by atoms with Crippen LogP contribution in [0, 0.1) is 0 Å². The second-order valence-corrected chi connectivity index (χ2v) is 6.56. The number of hydroxylamine groups is 1. The molecule has 1 aliphatic carbocycles. The fraction of sp³-hybridized carbons (Fsp3) is 0.500. The van der Waals surface area contributed by atoms with E-state index in [4.69, 9.17) is 9.36 Å². The van der Waals surface area contributed by atoms with Gasteiger partial charge in [0.15, 0.2) is 5.69 Å². The Hall–Kier alpha value is -2.01. The van der Waals surface area contributed by atoms with Crippen molar-refractivity contribution in [3.05, 3.63) is 28.0 Å². The zero-order chi connectivity index (χ0) is 18.9. The van der Waals surface area contributed by atoms with Crippen molar-refractivity contribution in [1.82, 2.24) is 21.3 Å². The summed E-state index contributed by atoms with van der Waals surface area (Å²) in [5.74, 6) is -0.868. The first-order valence-corrected chi connectivity index (χ1v) is 9.23. The van der Waals surface area contributed by atoms with Gasteiger partial charge in [0.05, 0.1) is 4.91 Å². The Morgan fingerprint density at radius 3 is 2.81 bits per heavy atom. The van der Waals surface area contributed by atoms with Crippen LogP contribution in [0.25, 0.3) is 0 Å². The summed E-state index contributed by atoms with van der Waals surface area (Å²) in [4.78, 5) is 41.7. The first-order valence-electron chi connectivity index (χ1n) is 8.24. The van der Waals surface area contributed by atoms with Gasteiger partial charge in [-0.2, -0.15) is 0 Å². The minimum Gasteiger partial charge on any atom is -0.354 e. The Balaban J connectivity index is 1.82. The van der Waals surface area contributed by atoms with E-state index in [0.29, 0.717) is 17.4 Å².